The number of aliphatic imine (C=N–C) groups is 1. The smallest absolute Gasteiger partial charge is 0.191 e. The lowest BCUT2D eigenvalue weighted by molar-refractivity contribution is 0.604. The molecule has 0 fully saturated rings. The van der Waals surface area contributed by atoms with Crippen LogP contribution in [0, 0.1) is 0 Å². The van der Waals surface area contributed by atoms with Crippen LogP contribution in [0.2, 0.25) is 0 Å². The van der Waals surface area contributed by atoms with Crippen LogP contribution in [-0.4, -0.2) is 45.3 Å². The fraction of sp³-hybridized carbons (Fsp3) is 0.500. The highest BCUT2D eigenvalue weighted by atomic mass is 15.3. The largest absolute Gasteiger partial charge is 0.361 e. The van der Waals surface area contributed by atoms with Crippen molar-refractivity contribution in [1.29, 1.82) is 0 Å². The van der Waals surface area contributed by atoms with Crippen molar-refractivity contribution in [3.63, 3.8) is 0 Å². The Bertz CT molecular complexity index is 953. The molecule has 0 atom stereocenters. The summed E-state index contributed by atoms with van der Waals surface area (Å²) in [6.07, 6.45) is 8.66. The van der Waals surface area contributed by atoms with Crippen LogP contribution in [0.15, 0.2) is 35.5 Å². The van der Waals surface area contributed by atoms with Crippen LogP contribution in [0.25, 0.3) is 10.9 Å². The van der Waals surface area contributed by atoms with Gasteiger partial charge in [0.15, 0.2) is 5.96 Å². The lowest BCUT2D eigenvalue weighted by atomic mass is 10.1. The van der Waals surface area contributed by atoms with Gasteiger partial charge in [0.2, 0.25) is 0 Å². The number of H-pyrrole nitrogens is 1. The van der Waals surface area contributed by atoms with Crippen LogP contribution < -0.4 is 10.6 Å². The van der Waals surface area contributed by atoms with Crippen molar-refractivity contribution in [2.24, 2.45) is 4.99 Å². The summed E-state index contributed by atoms with van der Waals surface area (Å²) in [5, 5.41) is 16.9. The standard InChI is InChI=1S/C22H31N7/c1-2-23-22(24-13-11-17-16-26-19-9-6-5-8-18(17)19)25-14-12-21-28-27-20-10-4-3-7-15-29(20)21/h5-6,8-9,16,26H,2-4,7,10-15H2,1H3,(H2,23,24,25). The van der Waals surface area contributed by atoms with E-state index >= 15 is 0 Å². The van der Waals surface area contributed by atoms with Gasteiger partial charge in [-0.3, -0.25) is 4.99 Å². The summed E-state index contributed by atoms with van der Waals surface area (Å²) >= 11 is 0. The van der Waals surface area contributed by atoms with Crippen LogP contribution in [-0.2, 0) is 25.8 Å². The molecule has 1 aliphatic rings. The average Bonchev–Trinajstić information content (AvgIpc) is 3.24. The van der Waals surface area contributed by atoms with Crippen molar-refractivity contribution in [3.8, 4) is 0 Å². The maximum atomic E-state index is 4.75. The Morgan fingerprint density at radius 1 is 1.14 bits per heavy atom. The topological polar surface area (TPSA) is 82.9 Å². The number of para-hydroxylation sites is 1. The Balaban J connectivity index is 1.31. The molecule has 4 rings (SSSR count). The molecule has 3 N–H and O–H groups in total. The zero-order chi connectivity index (χ0) is 19.9. The lowest BCUT2D eigenvalue weighted by Gasteiger charge is -2.11. The first-order valence-corrected chi connectivity index (χ1v) is 10.8. The summed E-state index contributed by atoms with van der Waals surface area (Å²) in [4.78, 5) is 8.09. The third kappa shape index (κ3) is 4.78. The highest BCUT2D eigenvalue weighted by Gasteiger charge is 2.14. The van der Waals surface area contributed by atoms with Crippen LogP contribution in [0.5, 0.6) is 0 Å². The quantitative estimate of drug-likeness (QED) is 0.426. The Morgan fingerprint density at radius 3 is 3.00 bits per heavy atom. The van der Waals surface area contributed by atoms with Gasteiger partial charge < -0.3 is 20.2 Å². The molecule has 0 unspecified atom stereocenters. The van der Waals surface area contributed by atoms with E-state index in [1.807, 2.05) is 0 Å². The fourth-order valence-electron chi connectivity index (χ4n) is 3.99. The molecule has 29 heavy (non-hydrogen) atoms. The molecule has 1 aromatic carbocycles. The third-order valence-corrected chi connectivity index (χ3v) is 5.50. The van der Waals surface area contributed by atoms with E-state index in [-0.39, 0.29) is 0 Å². The minimum Gasteiger partial charge on any atom is -0.361 e. The average molecular weight is 394 g/mol. The van der Waals surface area contributed by atoms with E-state index in [0.29, 0.717) is 6.54 Å². The van der Waals surface area contributed by atoms with E-state index in [1.54, 1.807) is 0 Å². The van der Waals surface area contributed by atoms with Gasteiger partial charge in [-0.1, -0.05) is 24.6 Å². The number of aryl methyl sites for hydroxylation is 1. The van der Waals surface area contributed by atoms with Crippen LogP contribution in [0.4, 0.5) is 0 Å². The minimum atomic E-state index is 0.709. The number of rotatable bonds is 7. The predicted molar refractivity (Wildman–Crippen MR) is 117 cm³/mol. The van der Waals surface area contributed by atoms with Gasteiger partial charge in [-0.2, -0.15) is 0 Å². The van der Waals surface area contributed by atoms with E-state index in [9.17, 15) is 0 Å². The highest BCUT2D eigenvalue weighted by Crippen LogP contribution is 2.17. The second-order valence-corrected chi connectivity index (χ2v) is 7.54. The molecule has 154 valence electrons. The van der Waals surface area contributed by atoms with Crippen molar-refractivity contribution in [1.82, 2.24) is 30.4 Å². The zero-order valence-corrected chi connectivity index (χ0v) is 17.2. The van der Waals surface area contributed by atoms with Crippen molar-refractivity contribution in [3.05, 3.63) is 47.7 Å². The zero-order valence-electron chi connectivity index (χ0n) is 17.2. The molecule has 1 aliphatic heterocycles. The molecule has 7 heteroatoms. The van der Waals surface area contributed by atoms with Crippen molar-refractivity contribution in [2.75, 3.05) is 19.6 Å². The van der Waals surface area contributed by atoms with Crippen LogP contribution in [0.3, 0.4) is 0 Å². The molecular formula is C22H31N7. The van der Waals surface area contributed by atoms with Gasteiger partial charge in [0.1, 0.15) is 11.6 Å². The molecule has 0 amide bonds. The maximum absolute atomic E-state index is 4.75. The Hall–Kier alpha value is -2.83. The maximum Gasteiger partial charge on any atom is 0.191 e. The molecule has 0 bridgehead atoms. The van der Waals surface area contributed by atoms with Crippen molar-refractivity contribution in [2.45, 2.75) is 52.0 Å². The number of aromatic amines is 1. The van der Waals surface area contributed by atoms with Gasteiger partial charge in [0.05, 0.1) is 0 Å². The van der Waals surface area contributed by atoms with E-state index in [4.69, 9.17) is 4.99 Å². The van der Waals surface area contributed by atoms with E-state index < -0.39 is 0 Å². The molecule has 0 saturated carbocycles. The number of fused-ring (bicyclic) bond motifs is 2. The summed E-state index contributed by atoms with van der Waals surface area (Å²) in [7, 11) is 0. The van der Waals surface area contributed by atoms with Crippen molar-refractivity contribution < 1.29 is 0 Å². The van der Waals surface area contributed by atoms with Gasteiger partial charge >= 0.3 is 0 Å². The first kappa shape index (κ1) is 19.5. The first-order valence-electron chi connectivity index (χ1n) is 10.8. The van der Waals surface area contributed by atoms with Crippen molar-refractivity contribution >= 4 is 16.9 Å². The molecule has 0 spiro atoms. The molecule has 3 heterocycles. The Kier molecular flexibility index (Phi) is 6.44. The van der Waals surface area contributed by atoms with Gasteiger partial charge in [0.25, 0.3) is 0 Å². The number of nitrogens with one attached hydrogen (secondary N) is 3. The second kappa shape index (κ2) is 9.58. The normalized spacial score (nSPS) is 14.6. The number of guanidine groups is 1. The van der Waals surface area contributed by atoms with E-state index in [0.717, 1.165) is 56.5 Å². The molecule has 3 aromatic rings. The lowest BCUT2D eigenvalue weighted by Crippen LogP contribution is -2.38. The SMILES string of the molecule is CCNC(=NCCc1nnc2n1CCCCC2)NCCc1c[nH]c2ccccc12. The number of aromatic nitrogens is 4. The van der Waals surface area contributed by atoms with E-state index in [2.05, 4.69) is 67.8 Å². The summed E-state index contributed by atoms with van der Waals surface area (Å²) in [5.74, 6) is 3.08. The number of benzene rings is 1. The summed E-state index contributed by atoms with van der Waals surface area (Å²) < 4.78 is 2.31. The van der Waals surface area contributed by atoms with Gasteiger partial charge in [-0.25, -0.2) is 0 Å². The number of nitrogens with zero attached hydrogens (tertiary/aromatic N) is 4. The van der Waals surface area contributed by atoms with Crippen LogP contribution >= 0.6 is 0 Å². The van der Waals surface area contributed by atoms with Gasteiger partial charge in [0, 0.05) is 56.1 Å². The molecule has 0 aliphatic carbocycles. The van der Waals surface area contributed by atoms with E-state index in [1.165, 1.54) is 35.7 Å². The summed E-state index contributed by atoms with van der Waals surface area (Å²) in [6.45, 7) is 5.54. The molecule has 0 radical (unpaired) electrons. The number of hydrogen-bond acceptors (Lipinski definition) is 3. The predicted octanol–water partition coefficient (Wildman–Crippen LogP) is 2.83. The summed E-state index contributed by atoms with van der Waals surface area (Å²) in [5.41, 5.74) is 2.52. The third-order valence-electron chi connectivity index (χ3n) is 5.50. The summed E-state index contributed by atoms with van der Waals surface area (Å²) in [6, 6.07) is 8.43. The van der Waals surface area contributed by atoms with Crippen LogP contribution in [0.1, 0.15) is 43.4 Å². The molecular weight excluding hydrogens is 362 g/mol. The monoisotopic (exact) mass is 393 g/mol. The first-order chi connectivity index (χ1) is 14.3. The molecule has 0 saturated heterocycles. The number of hydrogen-bond donors (Lipinski definition) is 3. The second-order valence-electron chi connectivity index (χ2n) is 7.54. The molecule has 2 aromatic heterocycles. The van der Waals surface area contributed by atoms with Gasteiger partial charge in [-0.15, -0.1) is 10.2 Å². The molecule has 7 nitrogen and oxygen atoms in total. The minimum absolute atomic E-state index is 0.709. The van der Waals surface area contributed by atoms with Gasteiger partial charge in [-0.05, 0) is 37.8 Å². The Labute approximate surface area is 172 Å². The Morgan fingerprint density at radius 2 is 2.07 bits per heavy atom. The fourth-order valence-corrected chi connectivity index (χ4v) is 3.99. The highest BCUT2D eigenvalue weighted by molar-refractivity contribution is 5.83.